The highest BCUT2D eigenvalue weighted by molar-refractivity contribution is 7.98. The Balaban J connectivity index is 2.89. The molecule has 0 atom stereocenters. The average molecular weight is 220 g/mol. The van der Waals surface area contributed by atoms with Crippen molar-refractivity contribution in [2.75, 3.05) is 12.0 Å². The van der Waals surface area contributed by atoms with E-state index in [0.29, 0.717) is 5.56 Å². The van der Waals surface area contributed by atoms with Crippen molar-refractivity contribution in [2.45, 2.75) is 4.90 Å². The Kier molecular flexibility index (Phi) is 2.36. The molecule has 0 saturated heterocycles. The fourth-order valence-corrected chi connectivity index (χ4v) is 2.83. The summed E-state index contributed by atoms with van der Waals surface area (Å²) < 4.78 is 0.989. The molecule has 0 amide bonds. The highest BCUT2D eigenvalue weighted by Crippen LogP contribution is 2.35. The molecule has 2 N–H and O–H groups in total. The summed E-state index contributed by atoms with van der Waals surface area (Å²) in [6, 6.07) is 6.03. The maximum Gasteiger partial charge on any atom is 0.101 e. The highest BCUT2D eigenvalue weighted by Gasteiger charge is 2.09. The Morgan fingerprint density at radius 3 is 3.00 bits per heavy atom. The van der Waals surface area contributed by atoms with E-state index >= 15 is 0 Å². The monoisotopic (exact) mass is 220 g/mol. The van der Waals surface area contributed by atoms with Gasteiger partial charge in [-0.2, -0.15) is 5.26 Å². The zero-order chi connectivity index (χ0) is 10.1. The number of benzene rings is 1. The number of thiophene rings is 1. The topological polar surface area (TPSA) is 49.8 Å². The van der Waals surface area contributed by atoms with Crippen molar-refractivity contribution in [3.8, 4) is 6.07 Å². The number of nitrogen functional groups attached to an aromatic ring is 1. The number of nitrogens with zero attached hydrogens (tertiary/aromatic N) is 1. The lowest BCUT2D eigenvalue weighted by Gasteiger charge is -2.04. The minimum absolute atomic E-state index is 0.716. The third-order valence-electron chi connectivity index (χ3n) is 2.08. The summed E-state index contributed by atoms with van der Waals surface area (Å²) in [4.78, 5) is 0.979. The van der Waals surface area contributed by atoms with Gasteiger partial charge in [-0.15, -0.1) is 23.1 Å². The van der Waals surface area contributed by atoms with Crippen LogP contribution in [0, 0.1) is 11.3 Å². The molecule has 0 spiro atoms. The van der Waals surface area contributed by atoms with E-state index in [2.05, 4.69) is 6.07 Å². The lowest BCUT2D eigenvalue weighted by Crippen LogP contribution is -1.90. The summed E-state index contributed by atoms with van der Waals surface area (Å²) in [6.45, 7) is 0. The predicted octanol–water partition coefficient (Wildman–Crippen LogP) is 3.08. The standard InChI is InChI=1S/C10H8N2S2/c1-13-8-4-6(5-11)10-7(9(8)12)2-3-14-10/h2-4H,12H2,1H3. The first-order valence-corrected chi connectivity index (χ1v) is 6.12. The smallest absolute Gasteiger partial charge is 0.101 e. The Morgan fingerprint density at radius 2 is 2.36 bits per heavy atom. The average Bonchev–Trinajstić information content (AvgIpc) is 2.68. The number of nitriles is 1. The summed E-state index contributed by atoms with van der Waals surface area (Å²) in [7, 11) is 0. The van der Waals surface area contributed by atoms with Gasteiger partial charge in [0.25, 0.3) is 0 Å². The number of thioether (sulfide) groups is 1. The van der Waals surface area contributed by atoms with Crippen LogP contribution in [0.5, 0.6) is 0 Å². The number of nitrogens with two attached hydrogens (primary N) is 1. The molecule has 0 radical (unpaired) electrons. The van der Waals surface area contributed by atoms with Gasteiger partial charge >= 0.3 is 0 Å². The van der Waals surface area contributed by atoms with Crippen LogP contribution >= 0.6 is 23.1 Å². The van der Waals surface area contributed by atoms with Crippen molar-refractivity contribution in [1.29, 1.82) is 5.26 Å². The van der Waals surface area contributed by atoms with E-state index in [9.17, 15) is 0 Å². The molecule has 0 aliphatic rings. The van der Waals surface area contributed by atoms with Crippen molar-refractivity contribution >= 4 is 38.9 Å². The molecule has 2 nitrogen and oxygen atoms in total. The molecule has 2 rings (SSSR count). The van der Waals surface area contributed by atoms with Crippen LogP contribution in [0.2, 0.25) is 0 Å². The van der Waals surface area contributed by atoms with E-state index in [4.69, 9.17) is 11.0 Å². The van der Waals surface area contributed by atoms with E-state index in [1.807, 2.05) is 23.8 Å². The van der Waals surface area contributed by atoms with Gasteiger partial charge in [0.15, 0.2) is 0 Å². The second kappa shape index (κ2) is 3.52. The van der Waals surface area contributed by atoms with Crippen molar-refractivity contribution in [2.24, 2.45) is 0 Å². The zero-order valence-electron chi connectivity index (χ0n) is 7.57. The molecule has 0 bridgehead atoms. The number of anilines is 1. The minimum atomic E-state index is 0.716. The molecule has 1 aromatic carbocycles. The fraction of sp³-hybridized carbons (Fsp3) is 0.100. The molecule has 4 heteroatoms. The van der Waals surface area contributed by atoms with Gasteiger partial charge in [0.05, 0.1) is 16.0 Å². The van der Waals surface area contributed by atoms with Crippen LogP contribution in [-0.4, -0.2) is 6.26 Å². The molecule has 0 aliphatic carbocycles. The highest BCUT2D eigenvalue weighted by atomic mass is 32.2. The van der Waals surface area contributed by atoms with Gasteiger partial charge in [-0.3, -0.25) is 0 Å². The SMILES string of the molecule is CSc1cc(C#N)c2sccc2c1N. The number of fused-ring (bicyclic) bond motifs is 1. The molecule has 0 aliphatic heterocycles. The second-order valence-corrected chi connectivity index (χ2v) is 4.58. The number of rotatable bonds is 1. The van der Waals surface area contributed by atoms with Crippen LogP contribution in [0.15, 0.2) is 22.4 Å². The second-order valence-electron chi connectivity index (χ2n) is 2.82. The normalized spacial score (nSPS) is 10.3. The van der Waals surface area contributed by atoms with E-state index in [0.717, 1.165) is 20.7 Å². The maximum atomic E-state index is 8.97. The number of hydrogen-bond donors (Lipinski definition) is 1. The molecule has 0 unspecified atom stereocenters. The molecular weight excluding hydrogens is 212 g/mol. The largest absolute Gasteiger partial charge is 0.397 e. The summed E-state index contributed by atoms with van der Waals surface area (Å²) >= 11 is 3.13. The van der Waals surface area contributed by atoms with Crippen molar-refractivity contribution in [3.63, 3.8) is 0 Å². The Bertz CT molecular complexity index is 523. The van der Waals surface area contributed by atoms with Gasteiger partial charge in [-0.05, 0) is 23.8 Å². The zero-order valence-corrected chi connectivity index (χ0v) is 9.21. The Morgan fingerprint density at radius 1 is 1.57 bits per heavy atom. The van der Waals surface area contributed by atoms with Crippen molar-refractivity contribution in [3.05, 3.63) is 23.1 Å². The molecule has 1 heterocycles. The third-order valence-corrected chi connectivity index (χ3v) is 3.81. The van der Waals surface area contributed by atoms with Gasteiger partial charge in [0.1, 0.15) is 6.07 Å². The maximum absolute atomic E-state index is 8.97. The first-order valence-electron chi connectivity index (χ1n) is 4.01. The summed E-state index contributed by atoms with van der Waals surface area (Å²) in [5.74, 6) is 0. The van der Waals surface area contributed by atoms with Crippen LogP contribution in [-0.2, 0) is 0 Å². The van der Waals surface area contributed by atoms with E-state index < -0.39 is 0 Å². The lowest BCUT2D eigenvalue weighted by molar-refractivity contribution is 1.46. The summed E-state index contributed by atoms with van der Waals surface area (Å²) in [5.41, 5.74) is 7.48. The first kappa shape index (κ1) is 9.38. The Labute approximate surface area is 90.3 Å². The minimum Gasteiger partial charge on any atom is -0.397 e. The van der Waals surface area contributed by atoms with E-state index in [1.165, 1.54) is 0 Å². The predicted molar refractivity (Wildman–Crippen MR) is 62.7 cm³/mol. The van der Waals surface area contributed by atoms with Gasteiger partial charge < -0.3 is 5.73 Å². The van der Waals surface area contributed by atoms with E-state index in [1.54, 1.807) is 23.1 Å². The summed E-state index contributed by atoms with van der Waals surface area (Å²) in [6.07, 6.45) is 1.96. The van der Waals surface area contributed by atoms with Gasteiger partial charge in [-0.1, -0.05) is 0 Å². The van der Waals surface area contributed by atoms with E-state index in [-0.39, 0.29) is 0 Å². The fourth-order valence-electron chi connectivity index (χ4n) is 1.39. The van der Waals surface area contributed by atoms with Crippen LogP contribution in [0.25, 0.3) is 10.1 Å². The third kappa shape index (κ3) is 1.26. The number of hydrogen-bond acceptors (Lipinski definition) is 4. The lowest BCUT2D eigenvalue weighted by atomic mass is 10.1. The van der Waals surface area contributed by atoms with Gasteiger partial charge in [0.2, 0.25) is 0 Å². The molecule has 14 heavy (non-hydrogen) atoms. The van der Waals surface area contributed by atoms with Crippen LogP contribution in [0.1, 0.15) is 5.56 Å². The molecule has 0 saturated carbocycles. The Hall–Kier alpha value is -1.18. The van der Waals surface area contributed by atoms with Crippen LogP contribution in [0.4, 0.5) is 5.69 Å². The van der Waals surface area contributed by atoms with Crippen molar-refractivity contribution < 1.29 is 0 Å². The first-order chi connectivity index (χ1) is 6.77. The van der Waals surface area contributed by atoms with Gasteiger partial charge in [-0.25, -0.2) is 0 Å². The molecule has 2 aromatic rings. The van der Waals surface area contributed by atoms with Crippen molar-refractivity contribution in [1.82, 2.24) is 0 Å². The van der Waals surface area contributed by atoms with Crippen LogP contribution in [0.3, 0.4) is 0 Å². The molecule has 0 fully saturated rings. The molecular formula is C10H8N2S2. The van der Waals surface area contributed by atoms with Crippen LogP contribution < -0.4 is 5.73 Å². The van der Waals surface area contributed by atoms with Gasteiger partial charge in [0, 0.05) is 10.3 Å². The quantitative estimate of drug-likeness (QED) is 0.593. The molecule has 1 aromatic heterocycles. The summed E-state index contributed by atoms with van der Waals surface area (Å²) in [5, 5.41) is 11.9. The molecule has 70 valence electrons.